The van der Waals surface area contributed by atoms with E-state index >= 15 is 0 Å². The lowest BCUT2D eigenvalue weighted by molar-refractivity contribution is -0.138. The van der Waals surface area contributed by atoms with E-state index in [1.807, 2.05) is 0 Å². The summed E-state index contributed by atoms with van der Waals surface area (Å²) in [5.41, 5.74) is -0.00274. The van der Waals surface area contributed by atoms with Crippen molar-refractivity contribution in [2.24, 2.45) is 0 Å². The molecule has 0 aliphatic rings. The van der Waals surface area contributed by atoms with E-state index < -0.39 is 13.7 Å². The summed E-state index contributed by atoms with van der Waals surface area (Å²) in [4.78, 5) is 12.0. The average molecular weight is 361 g/mol. The Morgan fingerprint density at radius 3 is 1.88 bits per heavy atom. The van der Waals surface area contributed by atoms with Crippen LogP contribution in [-0.4, -0.2) is 12.6 Å². The molecule has 0 spiro atoms. The number of nitrogens with one attached hydrogen (secondary N) is 1. The molecule has 2 aromatic carbocycles. The second-order valence-electron chi connectivity index (χ2n) is 4.84. The van der Waals surface area contributed by atoms with E-state index in [4.69, 9.17) is 13.8 Å². The molecular formula is C18H20NO5P. The molecule has 0 aromatic heterocycles. The Balaban J connectivity index is 2.27. The number of esters is 1. The predicted molar refractivity (Wildman–Crippen MR) is 95.3 cm³/mol. The van der Waals surface area contributed by atoms with Crippen LogP contribution in [-0.2, 0) is 14.1 Å². The van der Waals surface area contributed by atoms with E-state index in [9.17, 15) is 9.36 Å². The summed E-state index contributed by atoms with van der Waals surface area (Å²) < 4.78 is 29.2. The summed E-state index contributed by atoms with van der Waals surface area (Å²) in [6, 6.07) is 17.1. The second kappa shape index (κ2) is 8.94. The fourth-order valence-electron chi connectivity index (χ4n) is 1.89. The maximum atomic E-state index is 13.2. The zero-order valence-electron chi connectivity index (χ0n) is 14.0. The molecule has 0 unspecified atom stereocenters. The average Bonchev–Trinajstić information content (AvgIpc) is 2.61. The van der Waals surface area contributed by atoms with Crippen molar-refractivity contribution in [2.45, 2.75) is 13.8 Å². The van der Waals surface area contributed by atoms with Gasteiger partial charge in [0.2, 0.25) is 0 Å². The number of rotatable bonds is 8. The van der Waals surface area contributed by atoms with Gasteiger partial charge in [0.05, 0.1) is 6.61 Å². The third-order valence-corrected chi connectivity index (χ3v) is 4.40. The molecule has 0 atom stereocenters. The Bertz CT molecular complexity index is 716. The second-order valence-corrected chi connectivity index (χ2v) is 6.42. The van der Waals surface area contributed by atoms with Gasteiger partial charge in [-0.15, -0.1) is 0 Å². The molecule has 0 amide bonds. The monoisotopic (exact) mass is 361 g/mol. The molecule has 6 nitrogen and oxygen atoms in total. The van der Waals surface area contributed by atoms with E-state index in [1.54, 1.807) is 74.5 Å². The maximum Gasteiger partial charge on any atom is 0.541 e. The lowest BCUT2D eigenvalue weighted by atomic mass is 10.3. The van der Waals surface area contributed by atoms with Crippen LogP contribution >= 0.6 is 7.75 Å². The number of allylic oxidation sites excluding steroid dienone is 1. The maximum absolute atomic E-state index is 13.2. The smallest absolute Gasteiger partial charge is 0.461 e. The Morgan fingerprint density at radius 1 is 1.00 bits per heavy atom. The Morgan fingerprint density at radius 2 is 1.48 bits per heavy atom. The van der Waals surface area contributed by atoms with Crippen LogP contribution in [0.3, 0.4) is 0 Å². The van der Waals surface area contributed by atoms with Gasteiger partial charge in [-0.3, -0.25) is 5.09 Å². The van der Waals surface area contributed by atoms with Crippen LogP contribution in [0.1, 0.15) is 13.8 Å². The molecule has 0 bridgehead atoms. The normalized spacial score (nSPS) is 11.5. The number of carbonyl (C=O) groups excluding carboxylic acids is 1. The highest BCUT2D eigenvalue weighted by Gasteiger charge is 2.32. The van der Waals surface area contributed by atoms with Gasteiger partial charge < -0.3 is 13.8 Å². The van der Waals surface area contributed by atoms with E-state index in [0.29, 0.717) is 11.5 Å². The van der Waals surface area contributed by atoms with Crippen molar-refractivity contribution >= 4 is 13.7 Å². The molecule has 0 saturated carbocycles. The Hall–Kier alpha value is -2.72. The van der Waals surface area contributed by atoms with Gasteiger partial charge in [0, 0.05) is 0 Å². The summed E-state index contributed by atoms with van der Waals surface area (Å²) in [5.74, 6) is 0.0423. The number of benzene rings is 2. The van der Waals surface area contributed by atoms with Crippen LogP contribution in [0.15, 0.2) is 72.4 Å². The molecule has 2 rings (SSSR count). The van der Waals surface area contributed by atoms with E-state index in [1.165, 1.54) is 6.08 Å². The van der Waals surface area contributed by atoms with Gasteiger partial charge in [-0.25, -0.2) is 9.36 Å². The minimum atomic E-state index is -3.93. The van der Waals surface area contributed by atoms with Crippen molar-refractivity contribution < 1.29 is 23.1 Å². The van der Waals surface area contributed by atoms with Gasteiger partial charge in [0.25, 0.3) is 0 Å². The fourth-order valence-corrected chi connectivity index (χ4v) is 3.33. The number of hydrogen-bond donors (Lipinski definition) is 1. The molecule has 1 N–H and O–H groups in total. The zero-order chi connectivity index (χ0) is 18.1. The van der Waals surface area contributed by atoms with E-state index in [2.05, 4.69) is 5.09 Å². The third kappa shape index (κ3) is 5.69. The molecule has 0 saturated heterocycles. The van der Waals surface area contributed by atoms with E-state index in [-0.39, 0.29) is 12.3 Å². The van der Waals surface area contributed by atoms with Crippen molar-refractivity contribution in [3.63, 3.8) is 0 Å². The van der Waals surface area contributed by atoms with Gasteiger partial charge >= 0.3 is 13.7 Å². The van der Waals surface area contributed by atoms with E-state index in [0.717, 1.165) is 0 Å². The molecule has 7 heteroatoms. The highest BCUT2D eigenvalue weighted by molar-refractivity contribution is 7.52. The van der Waals surface area contributed by atoms with Crippen LogP contribution in [0.2, 0.25) is 0 Å². The first-order valence-corrected chi connectivity index (χ1v) is 9.31. The van der Waals surface area contributed by atoms with Crippen LogP contribution in [0.5, 0.6) is 11.5 Å². The van der Waals surface area contributed by atoms with Crippen LogP contribution < -0.4 is 14.1 Å². The summed E-state index contributed by atoms with van der Waals surface area (Å²) in [5, 5.41) is 2.56. The summed E-state index contributed by atoms with van der Waals surface area (Å²) in [6.45, 7) is 3.50. The van der Waals surface area contributed by atoms with Crippen molar-refractivity contribution in [1.29, 1.82) is 0 Å². The summed E-state index contributed by atoms with van der Waals surface area (Å²) in [6.07, 6.45) is 1.45. The van der Waals surface area contributed by atoms with Gasteiger partial charge in [0.1, 0.15) is 17.2 Å². The molecule has 2 aromatic rings. The highest BCUT2D eigenvalue weighted by atomic mass is 31.2. The molecular weight excluding hydrogens is 341 g/mol. The Labute approximate surface area is 147 Å². The van der Waals surface area contributed by atoms with Gasteiger partial charge in [-0.2, -0.15) is 0 Å². The largest absolute Gasteiger partial charge is 0.541 e. The topological polar surface area (TPSA) is 73.9 Å². The fraction of sp³-hybridized carbons (Fsp3) is 0.167. The van der Waals surface area contributed by atoms with Crippen molar-refractivity contribution in [3.05, 3.63) is 72.4 Å². The zero-order valence-corrected chi connectivity index (χ0v) is 14.9. The van der Waals surface area contributed by atoms with Crippen LogP contribution in [0.25, 0.3) is 0 Å². The predicted octanol–water partition coefficient (Wildman–Crippen LogP) is 4.31. The van der Waals surface area contributed by atoms with Crippen LogP contribution in [0, 0.1) is 0 Å². The van der Waals surface area contributed by atoms with Gasteiger partial charge in [0.15, 0.2) is 0 Å². The summed E-state index contributed by atoms with van der Waals surface area (Å²) >= 11 is 0. The lowest BCUT2D eigenvalue weighted by Gasteiger charge is -2.21. The Kier molecular flexibility index (Phi) is 6.66. The molecule has 0 heterocycles. The first-order chi connectivity index (χ1) is 12.1. The number of para-hydroxylation sites is 2. The first-order valence-electron chi connectivity index (χ1n) is 7.77. The van der Waals surface area contributed by atoms with Crippen LogP contribution in [0.4, 0.5) is 0 Å². The molecule has 25 heavy (non-hydrogen) atoms. The third-order valence-electron chi connectivity index (χ3n) is 2.98. The molecule has 0 aliphatic carbocycles. The first kappa shape index (κ1) is 18.6. The summed E-state index contributed by atoms with van der Waals surface area (Å²) in [7, 11) is -3.93. The van der Waals surface area contributed by atoms with Gasteiger partial charge in [-0.05, 0) is 38.1 Å². The number of ether oxygens (including phenoxy) is 1. The minimum absolute atomic E-state index is 0.00274. The van der Waals surface area contributed by atoms with Crippen molar-refractivity contribution in [2.75, 3.05) is 6.61 Å². The standard InChI is InChI=1S/C18H20NO5P/c1-3-17(18(20)22-4-2)19-25(21,23-15-11-7-5-8-12-15)24-16-13-9-6-10-14-16/h3,5-14H,4H2,1-2H3,(H,19,21)/b17-3+. The molecule has 0 aliphatic heterocycles. The molecule has 132 valence electrons. The SMILES string of the molecule is C/C=C(/NP(=O)(Oc1ccccc1)Oc1ccccc1)C(=O)OCC. The number of hydrogen-bond acceptors (Lipinski definition) is 5. The highest BCUT2D eigenvalue weighted by Crippen LogP contribution is 2.45. The lowest BCUT2D eigenvalue weighted by Crippen LogP contribution is -2.24. The molecule has 0 fully saturated rings. The van der Waals surface area contributed by atoms with Crippen molar-refractivity contribution in [1.82, 2.24) is 5.09 Å². The quantitative estimate of drug-likeness (QED) is 0.429. The van der Waals surface area contributed by atoms with Crippen molar-refractivity contribution in [3.8, 4) is 11.5 Å². The number of carbonyl (C=O) groups is 1. The molecule has 0 radical (unpaired) electrons. The van der Waals surface area contributed by atoms with Gasteiger partial charge in [-0.1, -0.05) is 42.5 Å². The minimum Gasteiger partial charge on any atom is -0.461 e.